The van der Waals surface area contributed by atoms with Crippen molar-refractivity contribution in [2.75, 3.05) is 0 Å². The SMILES string of the molecule is Cc1cccc2c1S(=O)(=O)C(C(N)C(=O)O)=C2. The topological polar surface area (TPSA) is 97.5 Å². The zero-order valence-electron chi connectivity index (χ0n) is 9.04. The Kier molecular flexibility index (Phi) is 2.56. The zero-order chi connectivity index (χ0) is 12.8. The Morgan fingerprint density at radius 3 is 2.59 bits per heavy atom. The molecule has 3 N–H and O–H groups in total. The number of carboxylic acids is 1. The van der Waals surface area contributed by atoms with Crippen LogP contribution >= 0.6 is 0 Å². The lowest BCUT2D eigenvalue weighted by molar-refractivity contribution is -0.137. The van der Waals surface area contributed by atoms with Gasteiger partial charge in [-0.3, -0.25) is 4.79 Å². The van der Waals surface area contributed by atoms with Crippen molar-refractivity contribution in [1.29, 1.82) is 0 Å². The van der Waals surface area contributed by atoms with Gasteiger partial charge in [0.2, 0.25) is 9.84 Å². The lowest BCUT2D eigenvalue weighted by atomic mass is 10.1. The molecular formula is C11H11NO4S. The molecule has 0 radical (unpaired) electrons. The van der Waals surface area contributed by atoms with Gasteiger partial charge in [-0.05, 0) is 24.1 Å². The molecule has 0 bridgehead atoms. The van der Waals surface area contributed by atoms with Crippen molar-refractivity contribution >= 4 is 21.9 Å². The van der Waals surface area contributed by atoms with Gasteiger partial charge in [-0.2, -0.15) is 0 Å². The molecule has 0 amide bonds. The molecule has 1 aliphatic heterocycles. The Balaban J connectivity index is 2.66. The highest BCUT2D eigenvalue weighted by Gasteiger charge is 2.36. The number of aliphatic carboxylic acids is 1. The minimum absolute atomic E-state index is 0.159. The van der Waals surface area contributed by atoms with E-state index in [0.29, 0.717) is 11.1 Å². The lowest BCUT2D eigenvalue weighted by Gasteiger charge is -2.09. The van der Waals surface area contributed by atoms with E-state index in [-0.39, 0.29) is 9.80 Å². The van der Waals surface area contributed by atoms with E-state index in [1.807, 2.05) is 0 Å². The maximum absolute atomic E-state index is 12.1. The summed E-state index contributed by atoms with van der Waals surface area (Å²) in [7, 11) is -3.77. The number of hydrogen-bond donors (Lipinski definition) is 2. The summed E-state index contributed by atoms with van der Waals surface area (Å²) in [4.78, 5) is 10.7. The number of carbonyl (C=O) groups is 1. The monoisotopic (exact) mass is 253 g/mol. The molecule has 1 aromatic rings. The van der Waals surface area contributed by atoms with Crippen molar-refractivity contribution in [3.63, 3.8) is 0 Å². The van der Waals surface area contributed by atoms with Crippen molar-refractivity contribution in [3.8, 4) is 0 Å². The summed E-state index contributed by atoms with van der Waals surface area (Å²) in [5.74, 6) is -1.36. The molecule has 0 saturated carbocycles. The standard InChI is InChI=1S/C11H11NO4S/c1-6-3-2-4-7-5-8(9(12)11(13)14)17(15,16)10(6)7/h2-5,9H,12H2,1H3,(H,13,14). The molecule has 0 fully saturated rings. The number of aryl methyl sites for hydroxylation is 1. The van der Waals surface area contributed by atoms with Gasteiger partial charge in [-0.15, -0.1) is 0 Å². The Hall–Kier alpha value is -1.66. The molecule has 0 saturated heterocycles. The van der Waals surface area contributed by atoms with E-state index < -0.39 is 21.8 Å². The minimum Gasteiger partial charge on any atom is -0.480 e. The predicted octanol–water partition coefficient (Wildman–Crippen LogP) is 0.535. The van der Waals surface area contributed by atoms with Gasteiger partial charge in [0.05, 0.1) is 9.80 Å². The second-order valence-corrected chi connectivity index (χ2v) is 5.75. The number of sulfone groups is 1. The number of nitrogens with two attached hydrogens (primary N) is 1. The average Bonchev–Trinajstić information content (AvgIpc) is 2.50. The minimum atomic E-state index is -3.77. The maximum Gasteiger partial charge on any atom is 0.325 e. The first-order valence-electron chi connectivity index (χ1n) is 4.90. The molecule has 17 heavy (non-hydrogen) atoms. The highest BCUT2D eigenvalue weighted by Crippen LogP contribution is 2.36. The fraction of sp³-hybridized carbons (Fsp3) is 0.182. The summed E-state index contributed by atoms with van der Waals surface area (Å²) in [5.41, 5.74) is 6.47. The third kappa shape index (κ3) is 1.65. The summed E-state index contributed by atoms with van der Waals surface area (Å²) in [5, 5.41) is 8.79. The third-order valence-corrected chi connectivity index (χ3v) is 4.78. The van der Waals surface area contributed by atoms with Gasteiger partial charge in [-0.1, -0.05) is 18.2 Å². The summed E-state index contributed by atoms with van der Waals surface area (Å²) in [6.45, 7) is 1.67. The average molecular weight is 253 g/mol. The van der Waals surface area contributed by atoms with Gasteiger partial charge in [-0.25, -0.2) is 8.42 Å². The largest absolute Gasteiger partial charge is 0.480 e. The number of rotatable bonds is 2. The fourth-order valence-corrected chi connectivity index (χ4v) is 3.77. The molecular weight excluding hydrogens is 242 g/mol. The van der Waals surface area contributed by atoms with E-state index in [0.717, 1.165) is 0 Å². The van der Waals surface area contributed by atoms with Crippen LogP contribution in [0.2, 0.25) is 0 Å². The first-order chi connectivity index (χ1) is 7.85. The van der Waals surface area contributed by atoms with E-state index >= 15 is 0 Å². The summed E-state index contributed by atoms with van der Waals surface area (Å²) in [6, 6.07) is 3.49. The van der Waals surface area contributed by atoms with Crippen LogP contribution in [0.15, 0.2) is 28.0 Å². The third-order valence-electron chi connectivity index (χ3n) is 2.69. The molecule has 1 aromatic carbocycles. The van der Waals surface area contributed by atoms with Gasteiger partial charge in [0.1, 0.15) is 6.04 Å². The van der Waals surface area contributed by atoms with E-state index in [4.69, 9.17) is 10.8 Å². The van der Waals surface area contributed by atoms with Gasteiger partial charge in [0.25, 0.3) is 0 Å². The fourth-order valence-electron chi connectivity index (χ4n) is 1.88. The molecule has 0 spiro atoms. The Morgan fingerprint density at radius 1 is 1.41 bits per heavy atom. The molecule has 0 aliphatic carbocycles. The second-order valence-electron chi connectivity index (χ2n) is 3.86. The first kappa shape index (κ1) is 11.8. The second kappa shape index (κ2) is 3.68. The van der Waals surface area contributed by atoms with E-state index in [1.54, 1.807) is 25.1 Å². The highest BCUT2D eigenvalue weighted by molar-refractivity contribution is 7.96. The van der Waals surface area contributed by atoms with Crippen molar-refractivity contribution in [3.05, 3.63) is 34.2 Å². The normalized spacial score (nSPS) is 18.4. The van der Waals surface area contributed by atoms with Gasteiger partial charge < -0.3 is 10.8 Å². The number of hydrogen-bond acceptors (Lipinski definition) is 4. The van der Waals surface area contributed by atoms with Gasteiger partial charge >= 0.3 is 5.97 Å². The molecule has 90 valence electrons. The quantitative estimate of drug-likeness (QED) is 0.801. The van der Waals surface area contributed by atoms with Crippen LogP contribution in [0, 0.1) is 6.92 Å². The van der Waals surface area contributed by atoms with Crippen LogP contribution in [0.1, 0.15) is 11.1 Å². The van der Waals surface area contributed by atoms with E-state index in [2.05, 4.69) is 0 Å². The predicted molar refractivity (Wildman–Crippen MR) is 62.0 cm³/mol. The number of fused-ring (bicyclic) bond motifs is 1. The lowest BCUT2D eigenvalue weighted by Crippen LogP contribution is -2.34. The molecule has 2 rings (SSSR count). The molecule has 1 aliphatic rings. The maximum atomic E-state index is 12.1. The van der Waals surface area contributed by atoms with Gasteiger partial charge in [0.15, 0.2) is 0 Å². The summed E-state index contributed by atoms with van der Waals surface area (Å²) < 4.78 is 24.3. The van der Waals surface area contributed by atoms with Crippen LogP contribution in [0.5, 0.6) is 0 Å². The molecule has 5 nitrogen and oxygen atoms in total. The first-order valence-corrected chi connectivity index (χ1v) is 6.38. The van der Waals surface area contributed by atoms with Crippen LogP contribution in [-0.2, 0) is 14.6 Å². The number of benzene rings is 1. The Labute approximate surface area is 98.5 Å². The number of carboxylic acid groups (broad SMARTS) is 1. The van der Waals surface area contributed by atoms with Gasteiger partial charge in [0, 0.05) is 0 Å². The zero-order valence-corrected chi connectivity index (χ0v) is 9.86. The summed E-state index contributed by atoms with van der Waals surface area (Å²) >= 11 is 0. The van der Waals surface area contributed by atoms with Crippen LogP contribution in [-0.4, -0.2) is 25.5 Å². The van der Waals surface area contributed by atoms with Crippen LogP contribution in [0.3, 0.4) is 0 Å². The van der Waals surface area contributed by atoms with Crippen molar-refractivity contribution in [1.82, 2.24) is 0 Å². The highest BCUT2D eigenvalue weighted by atomic mass is 32.2. The van der Waals surface area contributed by atoms with Crippen LogP contribution in [0.25, 0.3) is 6.08 Å². The molecule has 1 unspecified atom stereocenters. The molecule has 6 heteroatoms. The van der Waals surface area contributed by atoms with E-state index in [9.17, 15) is 13.2 Å². The Morgan fingerprint density at radius 2 is 2.06 bits per heavy atom. The van der Waals surface area contributed by atoms with E-state index in [1.165, 1.54) is 6.08 Å². The van der Waals surface area contributed by atoms with Crippen molar-refractivity contribution in [2.24, 2.45) is 5.73 Å². The molecule has 0 aromatic heterocycles. The Bertz CT molecular complexity index is 631. The molecule has 1 atom stereocenters. The van der Waals surface area contributed by atoms with Crippen LogP contribution < -0.4 is 5.73 Å². The smallest absolute Gasteiger partial charge is 0.325 e. The van der Waals surface area contributed by atoms with Crippen molar-refractivity contribution < 1.29 is 18.3 Å². The van der Waals surface area contributed by atoms with Crippen molar-refractivity contribution in [2.45, 2.75) is 17.9 Å². The van der Waals surface area contributed by atoms with Crippen LogP contribution in [0.4, 0.5) is 0 Å². The molecule has 1 heterocycles. The summed E-state index contributed by atoms with van der Waals surface area (Å²) in [6.07, 6.45) is 1.33.